The Balaban J connectivity index is 1.73. The third kappa shape index (κ3) is 6.88. The number of ether oxygens (including phenoxy) is 3. The zero-order valence-corrected chi connectivity index (χ0v) is 20.1. The van der Waals surface area contributed by atoms with Crippen LogP contribution in [-0.2, 0) is 22.6 Å². The number of amides is 2. The summed E-state index contributed by atoms with van der Waals surface area (Å²) in [5.74, 6) is 1.92. The molecule has 7 nitrogen and oxygen atoms in total. The van der Waals surface area contributed by atoms with E-state index in [1.807, 2.05) is 63.2 Å². The van der Waals surface area contributed by atoms with Crippen molar-refractivity contribution in [1.29, 1.82) is 0 Å². The topological polar surface area (TPSA) is 77.1 Å². The maximum Gasteiger partial charge on any atom is 0.242 e. The molecule has 0 aromatic heterocycles. The number of hydrogen-bond acceptors (Lipinski definition) is 5. The predicted molar refractivity (Wildman–Crippen MR) is 127 cm³/mol. The summed E-state index contributed by atoms with van der Waals surface area (Å²) in [4.78, 5) is 27.8. The number of nitrogens with one attached hydrogen (secondary N) is 1. The Hall–Kier alpha value is -3.22. The molecule has 0 saturated heterocycles. The van der Waals surface area contributed by atoms with Crippen LogP contribution in [0.15, 0.2) is 42.5 Å². The summed E-state index contributed by atoms with van der Waals surface area (Å²) in [5.41, 5.74) is 1.54. The van der Waals surface area contributed by atoms with Crippen LogP contribution in [0.3, 0.4) is 0 Å². The monoisotopic (exact) mass is 454 g/mol. The molecule has 1 N–H and O–H groups in total. The van der Waals surface area contributed by atoms with E-state index < -0.39 is 6.04 Å². The molecule has 7 heteroatoms. The van der Waals surface area contributed by atoms with E-state index in [1.54, 1.807) is 18.9 Å². The highest BCUT2D eigenvalue weighted by molar-refractivity contribution is 5.87. The van der Waals surface area contributed by atoms with E-state index >= 15 is 0 Å². The van der Waals surface area contributed by atoms with Crippen molar-refractivity contribution in [1.82, 2.24) is 10.2 Å². The normalized spacial score (nSPS) is 13.7. The number of carbonyl (C=O) groups excluding carboxylic acids is 2. The molecule has 1 atom stereocenters. The van der Waals surface area contributed by atoms with Crippen molar-refractivity contribution in [2.24, 2.45) is 0 Å². The summed E-state index contributed by atoms with van der Waals surface area (Å²) >= 11 is 0. The van der Waals surface area contributed by atoms with Crippen molar-refractivity contribution in [2.45, 2.75) is 58.7 Å². The van der Waals surface area contributed by atoms with Crippen LogP contribution >= 0.6 is 0 Å². The molecule has 0 bridgehead atoms. The van der Waals surface area contributed by atoms with Crippen molar-refractivity contribution >= 4 is 11.8 Å². The van der Waals surface area contributed by atoms with E-state index in [9.17, 15) is 9.59 Å². The molecular weight excluding hydrogens is 420 g/mol. The molecule has 0 radical (unpaired) electrons. The fourth-order valence-corrected chi connectivity index (χ4v) is 3.62. The van der Waals surface area contributed by atoms with Gasteiger partial charge in [-0.05, 0) is 69.5 Å². The smallest absolute Gasteiger partial charge is 0.242 e. The molecule has 33 heavy (non-hydrogen) atoms. The minimum Gasteiger partial charge on any atom is -0.497 e. The van der Waals surface area contributed by atoms with Gasteiger partial charge in [0.15, 0.2) is 11.5 Å². The summed E-state index contributed by atoms with van der Waals surface area (Å²) in [5, 5.41) is 2.98. The second kappa shape index (κ2) is 10.6. The lowest BCUT2D eigenvalue weighted by Gasteiger charge is -2.31. The number of carbonyl (C=O) groups is 2. The van der Waals surface area contributed by atoms with Crippen molar-refractivity contribution in [3.63, 3.8) is 0 Å². The van der Waals surface area contributed by atoms with Gasteiger partial charge in [-0.3, -0.25) is 9.59 Å². The Morgan fingerprint density at radius 3 is 2.30 bits per heavy atom. The molecule has 2 aromatic carbocycles. The summed E-state index contributed by atoms with van der Waals surface area (Å²) in [7, 11) is 1.61. The number of methoxy groups -OCH3 is 1. The fourth-order valence-electron chi connectivity index (χ4n) is 3.62. The highest BCUT2D eigenvalue weighted by Crippen LogP contribution is 2.31. The van der Waals surface area contributed by atoms with Gasteiger partial charge in [0.25, 0.3) is 0 Å². The van der Waals surface area contributed by atoms with Gasteiger partial charge in [-0.2, -0.15) is 0 Å². The molecule has 1 aliphatic heterocycles. The third-order valence-electron chi connectivity index (χ3n) is 5.41. The molecule has 2 amide bonds. The van der Waals surface area contributed by atoms with Gasteiger partial charge in [-0.1, -0.05) is 18.2 Å². The van der Waals surface area contributed by atoms with Crippen LogP contribution in [0.25, 0.3) is 0 Å². The Morgan fingerprint density at radius 1 is 1.03 bits per heavy atom. The lowest BCUT2D eigenvalue weighted by Crippen LogP contribution is -2.52. The molecule has 1 aliphatic rings. The molecule has 1 unspecified atom stereocenters. The third-order valence-corrected chi connectivity index (χ3v) is 5.41. The standard InChI is InChI=1S/C26H34N2O5/c1-18(25(30)27-26(2,3)4)28(17-20-6-10-21(31-5)11-7-20)24(29)13-9-19-8-12-22-23(16-19)33-15-14-32-22/h6-8,10-12,16,18H,9,13-15,17H2,1-5H3,(H,27,30). The average Bonchev–Trinajstić information content (AvgIpc) is 2.79. The van der Waals surface area contributed by atoms with E-state index in [-0.39, 0.29) is 23.8 Å². The zero-order valence-electron chi connectivity index (χ0n) is 20.1. The molecule has 178 valence electrons. The minimum atomic E-state index is -0.612. The van der Waals surface area contributed by atoms with E-state index in [1.165, 1.54) is 0 Å². The van der Waals surface area contributed by atoms with Crippen molar-refractivity contribution in [2.75, 3.05) is 20.3 Å². The summed E-state index contributed by atoms with van der Waals surface area (Å²) < 4.78 is 16.4. The second-order valence-corrected chi connectivity index (χ2v) is 9.26. The number of benzene rings is 2. The number of aryl methyl sites for hydroxylation is 1. The fraction of sp³-hybridized carbons (Fsp3) is 0.462. The van der Waals surface area contributed by atoms with Crippen LogP contribution in [0.5, 0.6) is 17.2 Å². The molecule has 1 heterocycles. The molecule has 2 aromatic rings. The summed E-state index contributed by atoms with van der Waals surface area (Å²) in [6.07, 6.45) is 0.825. The highest BCUT2D eigenvalue weighted by atomic mass is 16.6. The van der Waals surface area contributed by atoms with Gasteiger partial charge in [-0.15, -0.1) is 0 Å². The first-order chi connectivity index (χ1) is 15.7. The van der Waals surface area contributed by atoms with Gasteiger partial charge in [0.1, 0.15) is 25.0 Å². The lowest BCUT2D eigenvalue weighted by molar-refractivity contribution is -0.141. The maximum atomic E-state index is 13.3. The Bertz CT molecular complexity index is 966. The van der Waals surface area contributed by atoms with Gasteiger partial charge in [0, 0.05) is 18.5 Å². The second-order valence-electron chi connectivity index (χ2n) is 9.26. The molecule has 0 spiro atoms. The molecule has 0 aliphatic carbocycles. The van der Waals surface area contributed by atoms with Crippen LogP contribution < -0.4 is 19.5 Å². The van der Waals surface area contributed by atoms with E-state index in [0.29, 0.717) is 31.9 Å². The maximum absolute atomic E-state index is 13.3. The van der Waals surface area contributed by atoms with Crippen LogP contribution in [0.2, 0.25) is 0 Å². The first kappa shape index (κ1) is 24.4. The van der Waals surface area contributed by atoms with Crippen LogP contribution in [-0.4, -0.2) is 48.6 Å². The van der Waals surface area contributed by atoms with Crippen molar-refractivity contribution in [3.05, 3.63) is 53.6 Å². The average molecular weight is 455 g/mol. The molecule has 0 fully saturated rings. The molecular formula is C26H34N2O5. The lowest BCUT2D eigenvalue weighted by atomic mass is 10.1. The number of hydrogen-bond donors (Lipinski definition) is 1. The number of rotatable bonds is 8. The quantitative estimate of drug-likeness (QED) is 0.658. The first-order valence-corrected chi connectivity index (χ1v) is 11.3. The molecule has 3 rings (SSSR count). The zero-order chi connectivity index (χ0) is 24.0. The van der Waals surface area contributed by atoms with Crippen LogP contribution in [0, 0.1) is 0 Å². The summed E-state index contributed by atoms with van der Waals surface area (Å²) in [6.45, 7) is 8.94. The predicted octanol–water partition coefficient (Wildman–Crippen LogP) is 3.73. The highest BCUT2D eigenvalue weighted by Gasteiger charge is 2.28. The Labute approximate surface area is 196 Å². The Morgan fingerprint density at radius 2 is 1.67 bits per heavy atom. The number of fused-ring (bicyclic) bond motifs is 1. The van der Waals surface area contributed by atoms with Gasteiger partial charge in [0.2, 0.25) is 11.8 Å². The SMILES string of the molecule is COc1ccc(CN(C(=O)CCc2ccc3c(c2)OCCO3)C(C)C(=O)NC(C)(C)C)cc1. The Kier molecular flexibility index (Phi) is 7.84. The van der Waals surface area contributed by atoms with E-state index in [4.69, 9.17) is 14.2 Å². The van der Waals surface area contributed by atoms with E-state index in [0.717, 1.165) is 22.6 Å². The largest absolute Gasteiger partial charge is 0.497 e. The van der Waals surface area contributed by atoms with Crippen LogP contribution in [0.4, 0.5) is 0 Å². The number of nitrogens with zero attached hydrogens (tertiary/aromatic N) is 1. The summed E-state index contributed by atoms with van der Waals surface area (Å²) in [6, 6.07) is 12.7. The van der Waals surface area contributed by atoms with Gasteiger partial charge in [0.05, 0.1) is 7.11 Å². The minimum absolute atomic E-state index is 0.0859. The van der Waals surface area contributed by atoms with Crippen molar-refractivity contribution < 1.29 is 23.8 Å². The van der Waals surface area contributed by atoms with Gasteiger partial charge in [-0.25, -0.2) is 0 Å². The van der Waals surface area contributed by atoms with Crippen molar-refractivity contribution in [3.8, 4) is 17.2 Å². The van der Waals surface area contributed by atoms with E-state index in [2.05, 4.69) is 5.32 Å². The molecule has 0 saturated carbocycles. The van der Waals surface area contributed by atoms with Crippen LogP contribution in [0.1, 0.15) is 45.2 Å². The van der Waals surface area contributed by atoms with Gasteiger partial charge >= 0.3 is 0 Å². The van der Waals surface area contributed by atoms with Gasteiger partial charge < -0.3 is 24.4 Å². The first-order valence-electron chi connectivity index (χ1n) is 11.3.